The Bertz CT molecular complexity index is 656. The van der Waals surface area contributed by atoms with Crippen LogP contribution in [-0.2, 0) is 0 Å². The highest BCUT2D eigenvalue weighted by atomic mass is 16.2. The predicted molar refractivity (Wildman–Crippen MR) is 77.1 cm³/mol. The van der Waals surface area contributed by atoms with E-state index < -0.39 is 0 Å². The van der Waals surface area contributed by atoms with Crippen LogP contribution in [-0.4, -0.2) is 75.6 Å². The number of hydrogen-bond acceptors (Lipinski definition) is 5. The zero-order chi connectivity index (χ0) is 14.2. The molecule has 21 heavy (non-hydrogen) atoms. The molecule has 0 unspecified atom stereocenters. The second kappa shape index (κ2) is 5.09. The van der Waals surface area contributed by atoms with Crippen LogP contribution >= 0.6 is 0 Å². The van der Waals surface area contributed by atoms with Gasteiger partial charge < -0.3 is 10.2 Å². The van der Waals surface area contributed by atoms with E-state index in [1.54, 1.807) is 29.3 Å². The Hall–Kier alpha value is -1.99. The highest BCUT2D eigenvalue weighted by Gasteiger charge is 2.30. The fourth-order valence-electron chi connectivity index (χ4n) is 2.99. The lowest BCUT2D eigenvalue weighted by Gasteiger charge is -2.43. The van der Waals surface area contributed by atoms with Crippen molar-refractivity contribution in [2.45, 2.75) is 6.04 Å². The Balaban J connectivity index is 1.48. The van der Waals surface area contributed by atoms with E-state index in [0.717, 1.165) is 44.8 Å². The number of aromatic nitrogens is 3. The maximum Gasteiger partial charge on any atom is 0.257 e. The molecule has 0 aliphatic carbocycles. The zero-order valence-corrected chi connectivity index (χ0v) is 11.8. The highest BCUT2D eigenvalue weighted by Crippen LogP contribution is 2.15. The molecule has 1 N–H and O–H groups in total. The third-order valence-electron chi connectivity index (χ3n) is 4.43. The molecule has 4 rings (SSSR count). The molecule has 2 aliphatic rings. The average Bonchev–Trinajstić information content (AvgIpc) is 2.89. The monoisotopic (exact) mass is 286 g/mol. The number of fused-ring (bicyclic) bond motifs is 1. The van der Waals surface area contributed by atoms with E-state index in [1.807, 2.05) is 4.90 Å². The minimum absolute atomic E-state index is 0.0596. The van der Waals surface area contributed by atoms with Crippen molar-refractivity contribution in [3.8, 4) is 0 Å². The van der Waals surface area contributed by atoms with E-state index >= 15 is 0 Å². The summed E-state index contributed by atoms with van der Waals surface area (Å²) < 4.78 is 1.69. The largest absolute Gasteiger partial charge is 0.336 e. The Morgan fingerprint density at radius 3 is 2.71 bits per heavy atom. The van der Waals surface area contributed by atoms with Crippen molar-refractivity contribution in [2.24, 2.45) is 0 Å². The van der Waals surface area contributed by atoms with E-state index in [2.05, 4.69) is 20.3 Å². The molecule has 7 nitrogen and oxygen atoms in total. The number of carbonyl (C=O) groups excluding carboxylic acids is 1. The first-order valence-electron chi connectivity index (χ1n) is 7.34. The van der Waals surface area contributed by atoms with Gasteiger partial charge in [-0.3, -0.25) is 14.7 Å². The van der Waals surface area contributed by atoms with Crippen molar-refractivity contribution in [1.82, 2.24) is 29.7 Å². The van der Waals surface area contributed by atoms with Crippen LogP contribution in [0.3, 0.4) is 0 Å². The van der Waals surface area contributed by atoms with Gasteiger partial charge >= 0.3 is 0 Å². The molecule has 2 saturated heterocycles. The van der Waals surface area contributed by atoms with Crippen molar-refractivity contribution in [3.63, 3.8) is 0 Å². The zero-order valence-electron chi connectivity index (χ0n) is 11.8. The maximum absolute atomic E-state index is 12.6. The summed E-state index contributed by atoms with van der Waals surface area (Å²) in [5, 5.41) is 7.51. The third-order valence-corrected chi connectivity index (χ3v) is 4.43. The summed E-state index contributed by atoms with van der Waals surface area (Å²) in [5.41, 5.74) is 1.41. The number of nitrogens with zero attached hydrogens (tertiary/aromatic N) is 5. The predicted octanol–water partition coefficient (Wildman–Crippen LogP) is -0.541. The molecule has 1 amide bonds. The van der Waals surface area contributed by atoms with Crippen molar-refractivity contribution in [3.05, 3.63) is 30.4 Å². The quantitative estimate of drug-likeness (QED) is 0.803. The van der Waals surface area contributed by atoms with Crippen LogP contribution in [0, 0.1) is 0 Å². The van der Waals surface area contributed by atoms with Gasteiger partial charge in [0.25, 0.3) is 5.91 Å². The van der Waals surface area contributed by atoms with Crippen LogP contribution in [0.25, 0.3) is 5.52 Å². The normalized spacial score (nSPS) is 20.7. The molecule has 2 fully saturated rings. The first kappa shape index (κ1) is 12.7. The summed E-state index contributed by atoms with van der Waals surface area (Å²) in [6.07, 6.45) is 6.76. The Morgan fingerprint density at radius 1 is 1.19 bits per heavy atom. The van der Waals surface area contributed by atoms with E-state index in [4.69, 9.17) is 0 Å². The van der Waals surface area contributed by atoms with Gasteiger partial charge in [-0.25, -0.2) is 4.52 Å². The summed E-state index contributed by atoms with van der Waals surface area (Å²) in [6.45, 7) is 5.63. The number of piperazine rings is 1. The van der Waals surface area contributed by atoms with Gasteiger partial charge in [0.1, 0.15) is 0 Å². The second-order valence-electron chi connectivity index (χ2n) is 5.60. The highest BCUT2D eigenvalue weighted by molar-refractivity contribution is 6.00. The topological polar surface area (TPSA) is 65.8 Å². The third kappa shape index (κ3) is 2.18. The summed E-state index contributed by atoms with van der Waals surface area (Å²) in [6, 6.07) is 0.656. The number of carbonyl (C=O) groups is 1. The first-order valence-corrected chi connectivity index (χ1v) is 7.34. The summed E-state index contributed by atoms with van der Waals surface area (Å²) in [5.74, 6) is 0.0596. The SMILES string of the molecule is O=C(c1cnn2ccncc12)N1CCN(C2CNC2)CC1. The molecule has 0 bridgehead atoms. The van der Waals surface area contributed by atoms with Crippen LogP contribution in [0.15, 0.2) is 24.8 Å². The van der Waals surface area contributed by atoms with Gasteiger partial charge in [-0.15, -0.1) is 0 Å². The first-order chi connectivity index (χ1) is 10.3. The van der Waals surface area contributed by atoms with Gasteiger partial charge in [0.2, 0.25) is 0 Å². The molecule has 0 radical (unpaired) electrons. The van der Waals surface area contributed by atoms with Gasteiger partial charge in [-0.1, -0.05) is 0 Å². The van der Waals surface area contributed by atoms with E-state index in [0.29, 0.717) is 11.6 Å². The maximum atomic E-state index is 12.6. The molecule has 4 heterocycles. The van der Waals surface area contributed by atoms with Crippen LogP contribution in [0.4, 0.5) is 0 Å². The van der Waals surface area contributed by atoms with Crippen LogP contribution in [0.1, 0.15) is 10.4 Å². The molecular formula is C14H18N6O. The standard InChI is InChI=1S/C14H18N6O/c21-14(12-9-17-20-2-1-15-10-13(12)20)19-5-3-18(4-6-19)11-7-16-8-11/h1-2,9-11,16H,3-8H2. The molecule has 0 spiro atoms. The number of rotatable bonds is 2. The number of hydrogen-bond donors (Lipinski definition) is 1. The number of nitrogens with one attached hydrogen (secondary N) is 1. The van der Waals surface area contributed by atoms with Gasteiger partial charge in [0.15, 0.2) is 0 Å². The Labute approximate surface area is 122 Å². The van der Waals surface area contributed by atoms with Crippen molar-refractivity contribution < 1.29 is 4.79 Å². The lowest BCUT2D eigenvalue weighted by molar-refractivity contribution is 0.0503. The van der Waals surface area contributed by atoms with Gasteiger partial charge in [-0.05, 0) is 0 Å². The van der Waals surface area contributed by atoms with Crippen molar-refractivity contribution >= 4 is 11.4 Å². The molecule has 0 saturated carbocycles. The average molecular weight is 286 g/mol. The molecule has 0 atom stereocenters. The summed E-state index contributed by atoms with van der Waals surface area (Å²) >= 11 is 0. The number of amides is 1. The lowest BCUT2D eigenvalue weighted by atomic mass is 10.1. The molecule has 7 heteroatoms. The Kier molecular flexibility index (Phi) is 3.08. The summed E-state index contributed by atoms with van der Waals surface area (Å²) in [4.78, 5) is 21.1. The molecule has 0 aromatic carbocycles. The minimum Gasteiger partial charge on any atom is -0.336 e. The van der Waals surface area contributed by atoms with Crippen molar-refractivity contribution in [2.75, 3.05) is 39.3 Å². The van der Waals surface area contributed by atoms with Crippen LogP contribution in [0.5, 0.6) is 0 Å². The van der Waals surface area contributed by atoms with E-state index in [-0.39, 0.29) is 5.91 Å². The molecule has 110 valence electrons. The minimum atomic E-state index is 0.0596. The molecular weight excluding hydrogens is 268 g/mol. The van der Waals surface area contributed by atoms with Gasteiger partial charge in [0, 0.05) is 57.7 Å². The fraction of sp³-hybridized carbons (Fsp3) is 0.500. The van der Waals surface area contributed by atoms with E-state index in [9.17, 15) is 4.79 Å². The molecule has 2 aromatic heterocycles. The van der Waals surface area contributed by atoms with Crippen LogP contribution in [0.2, 0.25) is 0 Å². The van der Waals surface area contributed by atoms with Gasteiger partial charge in [-0.2, -0.15) is 5.10 Å². The van der Waals surface area contributed by atoms with E-state index in [1.165, 1.54) is 0 Å². The fourth-order valence-corrected chi connectivity index (χ4v) is 2.99. The molecule has 2 aliphatic heterocycles. The molecule has 2 aromatic rings. The smallest absolute Gasteiger partial charge is 0.257 e. The Morgan fingerprint density at radius 2 is 2.00 bits per heavy atom. The van der Waals surface area contributed by atoms with Crippen LogP contribution < -0.4 is 5.32 Å². The lowest BCUT2D eigenvalue weighted by Crippen LogP contribution is -2.62. The van der Waals surface area contributed by atoms with Gasteiger partial charge in [0.05, 0.1) is 23.5 Å². The summed E-state index contributed by atoms with van der Waals surface area (Å²) in [7, 11) is 0. The van der Waals surface area contributed by atoms with Crippen molar-refractivity contribution in [1.29, 1.82) is 0 Å². The second-order valence-corrected chi connectivity index (χ2v) is 5.60.